The third-order valence-electron chi connectivity index (χ3n) is 4.88. The number of ether oxygens (including phenoxy) is 2. The lowest BCUT2D eigenvalue weighted by Gasteiger charge is -2.27. The predicted molar refractivity (Wildman–Crippen MR) is 106 cm³/mol. The van der Waals surface area contributed by atoms with E-state index in [2.05, 4.69) is 35.8 Å². The normalized spacial score (nSPS) is 17.7. The van der Waals surface area contributed by atoms with Gasteiger partial charge in [-0.1, -0.05) is 18.2 Å². The minimum atomic E-state index is 0.391. The van der Waals surface area contributed by atoms with Gasteiger partial charge in [0.05, 0.1) is 12.6 Å². The van der Waals surface area contributed by atoms with Crippen LogP contribution in [0.25, 0.3) is 0 Å². The molecule has 2 aliphatic rings. The molecule has 26 heavy (non-hydrogen) atoms. The fourth-order valence-corrected chi connectivity index (χ4v) is 2.84. The quantitative estimate of drug-likeness (QED) is 0.361. The van der Waals surface area contributed by atoms with Crippen molar-refractivity contribution >= 4 is 5.96 Å². The van der Waals surface area contributed by atoms with Crippen molar-refractivity contribution in [3.8, 4) is 5.75 Å². The molecule has 0 heterocycles. The summed E-state index contributed by atoms with van der Waals surface area (Å²) in [6.45, 7) is 6.19. The third kappa shape index (κ3) is 6.52. The second-order valence-electron chi connectivity index (χ2n) is 7.27. The highest BCUT2D eigenvalue weighted by atomic mass is 16.5. The summed E-state index contributed by atoms with van der Waals surface area (Å²) in [5.41, 5.74) is 1.14. The van der Waals surface area contributed by atoms with Gasteiger partial charge < -0.3 is 20.1 Å². The van der Waals surface area contributed by atoms with E-state index in [4.69, 9.17) is 14.5 Å². The average molecular weight is 360 g/mol. The molecule has 0 amide bonds. The molecule has 2 fully saturated rings. The van der Waals surface area contributed by atoms with Gasteiger partial charge >= 0.3 is 0 Å². The summed E-state index contributed by atoms with van der Waals surface area (Å²) < 4.78 is 11.8. The Balaban J connectivity index is 1.43. The number of rotatable bonds is 11. The summed E-state index contributed by atoms with van der Waals surface area (Å²) in [5, 5.41) is 6.71. The second-order valence-corrected chi connectivity index (χ2v) is 7.27. The van der Waals surface area contributed by atoms with Crippen LogP contribution in [-0.2, 0) is 11.3 Å². The molecule has 144 valence electrons. The Hall–Kier alpha value is -1.75. The SMILES string of the molecule is CCNC(=NCc1ccccc1OC1CCC1)NCCCOCC1CC1. The summed E-state index contributed by atoms with van der Waals surface area (Å²) in [7, 11) is 0. The third-order valence-corrected chi connectivity index (χ3v) is 4.88. The maximum Gasteiger partial charge on any atom is 0.191 e. The number of guanidine groups is 1. The molecule has 3 rings (SSSR count). The van der Waals surface area contributed by atoms with Crippen LogP contribution in [0, 0.1) is 5.92 Å². The standard InChI is InChI=1S/C21H33N3O2/c1-2-22-21(23-13-6-14-25-16-17-11-12-17)24-15-18-7-3-4-10-20(18)26-19-8-5-9-19/h3-4,7,10,17,19H,2,5-6,8-9,11-16H2,1H3,(H2,22,23,24). The molecular formula is C21H33N3O2. The van der Waals surface area contributed by atoms with Crippen LogP contribution in [0.5, 0.6) is 5.75 Å². The van der Waals surface area contributed by atoms with E-state index in [1.54, 1.807) is 0 Å². The van der Waals surface area contributed by atoms with Gasteiger partial charge in [-0.15, -0.1) is 0 Å². The van der Waals surface area contributed by atoms with Crippen LogP contribution in [0.3, 0.4) is 0 Å². The Morgan fingerprint density at radius 3 is 2.73 bits per heavy atom. The van der Waals surface area contributed by atoms with E-state index in [0.29, 0.717) is 12.6 Å². The Labute approximate surface area is 157 Å². The first-order valence-electron chi connectivity index (χ1n) is 10.2. The van der Waals surface area contributed by atoms with E-state index in [-0.39, 0.29) is 0 Å². The molecule has 0 aliphatic heterocycles. The van der Waals surface area contributed by atoms with Gasteiger partial charge in [-0.2, -0.15) is 0 Å². The van der Waals surface area contributed by atoms with Crippen LogP contribution in [-0.4, -0.2) is 38.4 Å². The predicted octanol–water partition coefficient (Wildman–Crippen LogP) is 3.49. The second kappa shape index (κ2) is 10.4. The lowest BCUT2D eigenvalue weighted by Crippen LogP contribution is -2.38. The van der Waals surface area contributed by atoms with Crippen molar-refractivity contribution in [2.75, 3.05) is 26.3 Å². The number of hydrogen-bond donors (Lipinski definition) is 2. The lowest BCUT2D eigenvalue weighted by atomic mass is 9.96. The Bertz CT molecular complexity index is 568. The first-order chi connectivity index (χ1) is 12.8. The van der Waals surface area contributed by atoms with Crippen molar-refractivity contribution in [3.63, 3.8) is 0 Å². The van der Waals surface area contributed by atoms with Crippen LogP contribution < -0.4 is 15.4 Å². The summed E-state index contributed by atoms with van der Waals surface area (Å²) in [6, 6.07) is 8.25. The summed E-state index contributed by atoms with van der Waals surface area (Å²) in [4.78, 5) is 4.73. The minimum absolute atomic E-state index is 0.391. The summed E-state index contributed by atoms with van der Waals surface area (Å²) in [6.07, 6.45) is 7.71. The van der Waals surface area contributed by atoms with E-state index >= 15 is 0 Å². The summed E-state index contributed by atoms with van der Waals surface area (Å²) in [5.74, 6) is 2.67. The molecular weight excluding hydrogens is 326 g/mol. The number of benzene rings is 1. The molecule has 1 aromatic rings. The van der Waals surface area contributed by atoms with Gasteiger partial charge in [0.25, 0.3) is 0 Å². The lowest BCUT2D eigenvalue weighted by molar-refractivity contribution is 0.119. The zero-order chi connectivity index (χ0) is 18.0. The van der Waals surface area contributed by atoms with Crippen LogP contribution >= 0.6 is 0 Å². The monoisotopic (exact) mass is 359 g/mol. The van der Waals surface area contributed by atoms with Crippen molar-refractivity contribution in [1.82, 2.24) is 10.6 Å². The minimum Gasteiger partial charge on any atom is -0.490 e. The first kappa shape index (κ1) is 19.0. The molecule has 5 nitrogen and oxygen atoms in total. The number of para-hydroxylation sites is 1. The largest absolute Gasteiger partial charge is 0.490 e. The molecule has 0 saturated heterocycles. The molecule has 0 atom stereocenters. The molecule has 2 saturated carbocycles. The van der Waals surface area contributed by atoms with E-state index in [1.807, 2.05) is 6.07 Å². The van der Waals surface area contributed by atoms with Gasteiger partial charge in [0.1, 0.15) is 5.75 Å². The van der Waals surface area contributed by atoms with Gasteiger partial charge in [-0.05, 0) is 57.4 Å². The van der Waals surface area contributed by atoms with E-state index in [1.165, 1.54) is 32.1 Å². The molecule has 2 aliphatic carbocycles. The highest BCUT2D eigenvalue weighted by Gasteiger charge is 2.21. The molecule has 0 radical (unpaired) electrons. The first-order valence-corrected chi connectivity index (χ1v) is 10.2. The smallest absolute Gasteiger partial charge is 0.191 e. The molecule has 0 aromatic heterocycles. The highest BCUT2D eigenvalue weighted by Crippen LogP contribution is 2.29. The van der Waals surface area contributed by atoms with Crippen LogP contribution in [0.4, 0.5) is 0 Å². The molecule has 5 heteroatoms. The number of nitrogens with zero attached hydrogens (tertiary/aromatic N) is 1. The van der Waals surface area contributed by atoms with Gasteiger partial charge in [0.2, 0.25) is 0 Å². The van der Waals surface area contributed by atoms with E-state index < -0.39 is 0 Å². The Morgan fingerprint density at radius 1 is 1.15 bits per heavy atom. The topological polar surface area (TPSA) is 54.9 Å². The van der Waals surface area contributed by atoms with E-state index in [9.17, 15) is 0 Å². The zero-order valence-corrected chi connectivity index (χ0v) is 16.0. The number of nitrogens with one attached hydrogen (secondary N) is 2. The summed E-state index contributed by atoms with van der Waals surface area (Å²) >= 11 is 0. The molecule has 0 unspecified atom stereocenters. The fraction of sp³-hybridized carbons (Fsp3) is 0.667. The van der Waals surface area contributed by atoms with Crippen LogP contribution in [0.1, 0.15) is 51.0 Å². The Kier molecular flexibility index (Phi) is 7.62. The van der Waals surface area contributed by atoms with Gasteiger partial charge in [-0.3, -0.25) is 0 Å². The van der Waals surface area contributed by atoms with Gasteiger partial charge in [-0.25, -0.2) is 4.99 Å². The van der Waals surface area contributed by atoms with Crippen LogP contribution in [0.2, 0.25) is 0 Å². The molecule has 0 spiro atoms. The van der Waals surface area contributed by atoms with Gasteiger partial charge in [0, 0.05) is 31.9 Å². The molecule has 0 bridgehead atoms. The van der Waals surface area contributed by atoms with Crippen molar-refractivity contribution in [3.05, 3.63) is 29.8 Å². The highest BCUT2D eigenvalue weighted by molar-refractivity contribution is 5.79. The fourth-order valence-electron chi connectivity index (χ4n) is 2.84. The van der Waals surface area contributed by atoms with Crippen LogP contribution in [0.15, 0.2) is 29.3 Å². The van der Waals surface area contributed by atoms with Crippen molar-refractivity contribution in [2.24, 2.45) is 10.9 Å². The van der Waals surface area contributed by atoms with Gasteiger partial charge in [0.15, 0.2) is 5.96 Å². The zero-order valence-electron chi connectivity index (χ0n) is 16.0. The average Bonchev–Trinajstić information content (AvgIpc) is 3.44. The van der Waals surface area contributed by atoms with Crippen molar-refractivity contribution < 1.29 is 9.47 Å². The maximum absolute atomic E-state index is 6.10. The molecule has 1 aromatic carbocycles. The number of hydrogen-bond acceptors (Lipinski definition) is 3. The molecule has 2 N–H and O–H groups in total. The van der Waals surface area contributed by atoms with Crippen molar-refractivity contribution in [2.45, 2.75) is 58.1 Å². The maximum atomic E-state index is 6.10. The Morgan fingerprint density at radius 2 is 2.00 bits per heavy atom. The number of aliphatic imine (C=N–C) groups is 1. The van der Waals surface area contributed by atoms with E-state index in [0.717, 1.165) is 55.9 Å². The van der Waals surface area contributed by atoms with Crippen molar-refractivity contribution in [1.29, 1.82) is 0 Å².